The predicted octanol–water partition coefficient (Wildman–Crippen LogP) is 5.15. The summed E-state index contributed by atoms with van der Waals surface area (Å²) < 4.78 is 1.06. The Hall–Kier alpha value is -1.16. The summed E-state index contributed by atoms with van der Waals surface area (Å²) in [5, 5.41) is 0. The van der Waals surface area contributed by atoms with Gasteiger partial charge in [-0.15, -0.1) is 0 Å². The van der Waals surface area contributed by atoms with Gasteiger partial charge in [-0.25, -0.2) is 0 Å². The summed E-state index contributed by atoms with van der Waals surface area (Å²) in [5.74, 6) is 0.716. The molecule has 0 bridgehead atoms. The van der Waals surface area contributed by atoms with Crippen molar-refractivity contribution < 1.29 is 4.79 Å². The van der Waals surface area contributed by atoms with Gasteiger partial charge < -0.3 is 0 Å². The van der Waals surface area contributed by atoms with Crippen LogP contribution in [0.3, 0.4) is 0 Å². The van der Waals surface area contributed by atoms with E-state index in [9.17, 15) is 4.79 Å². The quantitative estimate of drug-likeness (QED) is 0.531. The Morgan fingerprint density at radius 3 is 2.35 bits per heavy atom. The number of hydrogen-bond donors (Lipinski definition) is 0. The number of benzene rings is 2. The third kappa shape index (κ3) is 3.48. The summed E-state index contributed by atoms with van der Waals surface area (Å²) >= 11 is 2.26. The van der Waals surface area contributed by atoms with Gasteiger partial charge >= 0.3 is 0 Å². The smallest absolute Gasteiger partial charge is 0.168 e. The topological polar surface area (TPSA) is 17.1 Å². The molecule has 2 heteroatoms. The number of Topliss-reactive ketones (excluding diaryl/α,β-unsaturated/α-hetero) is 1. The van der Waals surface area contributed by atoms with Crippen molar-refractivity contribution in [3.05, 3.63) is 68.3 Å². The average molecular weight is 378 g/mol. The summed E-state index contributed by atoms with van der Waals surface area (Å²) in [6.45, 7) is 6.39. The summed E-state index contributed by atoms with van der Waals surface area (Å²) in [6.07, 6.45) is 0.470. The van der Waals surface area contributed by atoms with E-state index in [0.717, 1.165) is 20.3 Å². The predicted molar refractivity (Wildman–Crippen MR) is 92.5 cm³/mol. The van der Waals surface area contributed by atoms with E-state index >= 15 is 0 Å². The van der Waals surface area contributed by atoms with E-state index in [-0.39, 0.29) is 5.78 Å². The fourth-order valence-electron chi connectivity index (χ4n) is 2.16. The highest BCUT2D eigenvalue weighted by atomic mass is 127. The first-order valence-corrected chi connectivity index (χ1v) is 7.94. The van der Waals surface area contributed by atoms with Crippen molar-refractivity contribution in [2.24, 2.45) is 0 Å². The first-order valence-electron chi connectivity index (χ1n) is 6.86. The molecule has 2 aromatic rings. The molecule has 0 aliphatic carbocycles. The Morgan fingerprint density at radius 1 is 1.10 bits per heavy atom. The van der Waals surface area contributed by atoms with Crippen molar-refractivity contribution in [2.45, 2.75) is 33.1 Å². The van der Waals surface area contributed by atoms with E-state index in [1.165, 1.54) is 5.56 Å². The van der Waals surface area contributed by atoms with Crippen molar-refractivity contribution in [2.75, 3.05) is 0 Å². The van der Waals surface area contributed by atoms with Gasteiger partial charge in [0.05, 0.1) is 0 Å². The zero-order valence-electron chi connectivity index (χ0n) is 12.1. The molecule has 0 spiro atoms. The van der Waals surface area contributed by atoms with Crippen LogP contribution >= 0.6 is 22.6 Å². The highest BCUT2D eigenvalue weighted by Gasteiger charge is 2.12. The average Bonchev–Trinajstić information content (AvgIpc) is 2.42. The Balaban J connectivity index is 2.17. The van der Waals surface area contributed by atoms with Crippen LogP contribution in [0.15, 0.2) is 42.5 Å². The number of halogens is 1. The Labute approximate surface area is 134 Å². The number of carbonyl (C=O) groups is 1. The van der Waals surface area contributed by atoms with Crippen LogP contribution < -0.4 is 0 Å². The second-order valence-electron chi connectivity index (χ2n) is 5.43. The van der Waals surface area contributed by atoms with Crippen LogP contribution in [-0.4, -0.2) is 5.78 Å². The van der Waals surface area contributed by atoms with Crippen molar-refractivity contribution in [1.82, 2.24) is 0 Å². The lowest BCUT2D eigenvalue weighted by Crippen LogP contribution is -2.06. The van der Waals surface area contributed by atoms with Gasteiger partial charge in [0.2, 0.25) is 0 Å². The van der Waals surface area contributed by atoms with Gasteiger partial charge in [-0.2, -0.15) is 0 Å². The molecule has 0 unspecified atom stereocenters. The normalized spacial score (nSPS) is 10.8. The highest BCUT2D eigenvalue weighted by Crippen LogP contribution is 2.20. The molecule has 0 N–H and O–H groups in total. The molecule has 0 aliphatic heterocycles. The molecule has 0 saturated carbocycles. The second kappa shape index (κ2) is 6.53. The van der Waals surface area contributed by atoms with Gasteiger partial charge in [0.1, 0.15) is 0 Å². The Bertz CT molecular complexity index is 612. The van der Waals surface area contributed by atoms with Crippen LogP contribution in [-0.2, 0) is 6.42 Å². The molecule has 104 valence electrons. The maximum absolute atomic E-state index is 12.4. The lowest BCUT2D eigenvalue weighted by atomic mass is 9.98. The molecule has 1 nitrogen and oxygen atoms in total. The van der Waals surface area contributed by atoms with Gasteiger partial charge in [-0.05, 0) is 52.1 Å². The van der Waals surface area contributed by atoms with E-state index in [2.05, 4.69) is 60.7 Å². The molecule has 0 aliphatic rings. The molecule has 0 amide bonds. The molecule has 0 saturated heterocycles. The molecule has 0 aromatic heterocycles. The minimum atomic E-state index is 0.190. The van der Waals surface area contributed by atoms with Gasteiger partial charge in [0, 0.05) is 15.6 Å². The summed E-state index contributed by atoms with van der Waals surface area (Å²) in [6, 6.07) is 14.3. The summed E-state index contributed by atoms with van der Waals surface area (Å²) in [5.41, 5.74) is 4.38. The van der Waals surface area contributed by atoms with Crippen LogP contribution in [0.4, 0.5) is 0 Å². The Morgan fingerprint density at radius 2 is 1.75 bits per heavy atom. The van der Waals surface area contributed by atoms with Crippen molar-refractivity contribution >= 4 is 28.4 Å². The first-order chi connectivity index (χ1) is 9.49. The number of hydrogen-bond acceptors (Lipinski definition) is 1. The zero-order valence-corrected chi connectivity index (χ0v) is 14.3. The number of carbonyl (C=O) groups excluding carboxylic acids is 1. The fourth-order valence-corrected chi connectivity index (χ4v) is 2.82. The molecule has 0 heterocycles. The maximum atomic E-state index is 12.4. The molecule has 0 atom stereocenters. The fraction of sp³-hybridized carbons (Fsp3) is 0.278. The van der Waals surface area contributed by atoms with Crippen molar-refractivity contribution in [3.8, 4) is 0 Å². The molecule has 2 aromatic carbocycles. The minimum absolute atomic E-state index is 0.190. The van der Waals surface area contributed by atoms with E-state index in [0.29, 0.717) is 12.3 Å². The SMILES string of the molecule is Cc1cccc(C(=O)Cc2ccc(C(C)C)cc2)c1I. The van der Waals surface area contributed by atoms with E-state index in [1.54, 1.807) is 0 Å². The molecular weight excluding hydrogens is 359 g/mol. The van der Waals surface area contributed by atoms with Crippen LogP contribution in [0.25, 0.3) is 0 Å². The third-order valence-electron chi connectivity index (χ3n) is 3.50. The molecule has 20 heavy (non-hydrogen) atoms. The number of aryl methyl sites for hydroxylation is 1. The highest BCUT2D eigenvalue weighted by molar-refractivity contribution is 14.1. The standard InChI is InChI=1S/C18H19IO/c1-12(2)15-9-7-14(8-10-15)11-17(20)16-6-4-5-13(3)18(16)19/h4-10,12H,11H2,1-3H3. The van der Waals surface area contributed by atoms with Crippen LogP contribution in [0.5, 0.6) is 0 Å². The maximum Gasteiger partial charge on any atom is 0.168 e. The summed E-state index contributed by atoms with van der Waals surface area (Å²) in [7, 11) is 0. The van der Waals surface area contributed by atoms with Crippen LogP contribution in [0.2, 0.25) is 0 Å². The lowest BCUT2D eigenvalue weighted by molar-refractivity contribution is 0.0992. The third-order valence-corrected chi connectivity index (χ3v) is 4.94. The van der Waals surface area contributed by atoms with Crippen LogP contribution in [0.1, 0.15) is 46.8 Å². The van der Waals surface area contributed by atoms with Gasteiger partial charge in [-0.3, -0.25) is 4.79 Å². The molecule has 0 fully saturated rings. The van der Waals surface area contributed by atoms with Crippen molar-refractivity contribution in [3.63, 3.8) is 0 Å². The van der Waals surface area contributed by atoms with E-state index in [1.807, 2.05) is 25.1 Å². The van der Waals surface area contributed by atoms with Gasteiger partial charge in [0.15, 0.2) is 5.78 Å². The van der Waals surface area contributed by atoms with E-state index < -0.39 is 0 Å². The Kier molecular flexibility index (Phi) is 4.97. The summed E-state index contributed by atoms with van der Waals surface area (Å²) in [4.78, 5) is 12.4. The largest absolute Gasteiger partial charge is 0.294 e. The second-order valence-corrected chi connectivity index (χ2v) is 6.51. The molecular formula is C18H19IO. The number of rotatable bonds is 4. The van der Waals surface area contributed by atoms with Gasteiger partial charge in [0.25, 0.3) is 0 Å². The molecule has 2 rings (SSSR count). The molecule has 0 radical (unpaired) electrons. The first kappa shape index (κ1) is 15.2. The van der Waals surface area contributed by atoms with E-state index in [4.69, 9.17) is 0 Å². The minimum Gasteiger partial charge on any atom is -0.294 e. The number of ketones is 1. The zero-order chi connectivity index (χ0) is 14.7. The van der Waals surface area contributed by atoms with Crippen LogP contribution in [0, 0.1) is 10.5 Å². The van der Waals surface area contributed by atoms with Crippen molar-refractivity contribution in [1.29, 1.82) is 0 Å². The monoisotopic (exact) mass is 378 g/mol. The lowest BCUT2D eigenvalue weighted by Gasteiger charge is -2.08. The van der Waals surface area contributed by atoms with Gasteiger partial charge in [-0.1, -0.05) is 56.3 Å².